The number of hydrogen-bond acceptors (Lipinski definition) is 6. The number of fused-ring (bicyclic) bond motifs is 2. The van der Waals surface area contributed by atoms with Crippen LogP contribution < -0.4 is 29.2 Å². The molecule has 37 heavy (non-hydrogen) atoms. The lowest BCUT2D eigenvalue weighted by molar-refractivity contribution is 0.239. The molecule has 1 aliphatic heterocycles. The molecule has 1 aliphatic rings. The maximum absolute atomic E-state index is 12.9. The van der Waals surface area contributed by atoms with Gasteiger partial charge in [0.15, 0.2) is 11.5 Å². The minimum atomic E-state index is -0.173. The molecule has 2 amide bonds. The number of hydrogen-bond donors (Lipinski definition) is 1. The minimum Gasteiger partial charge on any atom is -0.493 e. The van der Waals surface area contributed by atoms with Gasteiger partial charge in [-0.25, -0.2) is 4.79 Å². The molecule has 194 valence electrons. The van der Waals surface area contributed by atoms with Gasteiger partial charge in [0.05, 0.1) is 32.0 Å². The Hall–Kier alpha value is -4.46. The van der Waals surface area contributed by atoms with Crippen LogP contribution in [0.5, 0.6) is 28.7 Å². The predicted molar refractivity (Wildman–Crippen MR) is 146 cm³/mol. The number of methoxy groups -OCH3 is 2. The van der Waals surface area contributed by atoms with Crippen molar-refractivity contribution in [2.24, 2.45) is 0 Å². The van der Waals surface area contributed by atoms with Crippen LogP contribution in [0, 0.1) is 0 Å². The summed E-state index contributed by atoms with van der Waals surface area (Å²) in [5.74, 6) is 2.96. The Morgan fingerprint density at radius 2 is 1.76 bits per heavy atom. The Bertz CT molecular complexity index is 1370. The average molecular weight is 504 g/mol. The zero-order chi connectivity index (χ0) is 26.2. The molecule has 0 saturated heterocycles. The lowest BCUT2D eigenvalue weighted by atomic mass is 10.1. The van der Waals surface area contributed by atoms with Gasteiger partial charge in [-0.15, -0.1) is 0 Å². The molecule has 0 spiro atoms. The van der Waals surface area contributed by atoms with Gasteiger partial charge in [-0.1, -0.05) is 44.2 Å². The van der Waals surface area contributed by atoms with Crippen molar-refractivity contribution in [3.8, 4) is 28.7 Å². The second-order valence-corrected chi connectivity index (χ2v) is 7.91. The zero-order valence-electron chi connectivity index (χ0n) is 21.5. The number of aromatic nitrogens is 1. The summed E-state index contributed by atoms with van der Waals surface area (Å²) < 4.78 is 22.9. The highest BCUT2D eigenvalue weighted by Crippen LogP contribution is 2.39. The Balaban J connectivity index is 0.00000130. The largest absolute Gasteiger partial charge is 0.493 e. The number of urea groups is 1. The van der Waals surface area contributed by atoms with Crippen LogP contribution in [0.2, 0.25) is 0 Å². The number of anilines is 1. The number of carbonyl (C=O) groups excluding carboxylic acids is 1. The third-order valence-electron chi connectivity index (χ3n) is 5.76. The van der Waals surface area contributed by atoms with Crippen molar-refractivity contribution in [1.29, 1.82) is 0 Å². The fraction of sp³-hybridized carbons (Fsp3) is 0.241. The quantitative estimate of drug-likeness (QED) is 0.327. The van der Waals surface area contributed by atoms with Crippen LogP contribution in [-0.4, -0.2) is 38.4 Å². The summed E-state index contributed by atoms with van der Waals surface area (Å²) in [6.45, 7) is 5.31. The van der Waals surface area contributed by atoms with E-state index in [0.717, 1.165) is 16.5 Å². The lowest BCUT2D eigenvalue weighted by Crippen LogP contribution is -2.44. The molecule has 0 aliphatic carbocycles. The highest BCUT2D eigenvalue weighted by molar-refractivity contribution is 5.94. The Morgan fingerprint density at radius 1 is 1.00 bits per heavy atom. The molecular formula is C29H33N3O5. The molecule has 5 rings (SSSR count). The normalized spacial score (nSPS) is 11.9. The van der Waals surface area contributed by atoms with Gasteiger partial charge in [0.1, 0.15) is 23.9 Å². The van der Waals surface area contributed by atoms with Gasteiger partial charge < -0.3 is 24.3 Å². The van der Waals surface area contributed by atoms with Gasteiger partial charge in [-0.2, -0.15) is 0 Å². The number of amides is 2. The van der Waals surface area contributed by atoms with Gasteiger partial charge in [0, 0.05) is 31.7 Å². The molecule has 0 bridgehead atoms. The third-order valence-corrected chi connectivity index (χ3v) is 5.76. The smallest absolute Gasteiger partial charge is 0.322 e. The highest BCUT2D eigenvalue weighted by Gasteiger charge is 2.24. The standard InChI is InChI=1S/C27H25N3O5.C2H6.H2/c1-32-25-15-20-21(16-26(25)33-2)28-11-10-23(20)35-19-8-9-22-24(14-19)34-13-12-30(22)27(31)29-17-18-6-4-3-5-7-18;1-2;/h3-11,14-16H,12-13,17H2,1-2H3,(H,29,31);1-2H3;1H. The van der Waals surface area contributed by atoms with Crippen molar-refractivity contribution >= 4 is 22.6 Å². The van der Waals surface area contributed by atoms with Crippen LogP contribution in [0.4, 0.5) is 10.5 Å². The number of pyridine rings is 1. The van der Waals surface area contributed by atoms with Crippen molar-refractivity contribution in [1.82, 2.24) is 10.3 Å². The Morgan fingerprint density at radius 3 is 2.51 bits per heavy atom. The monoisotopic (exact) mass is 503 g/mol. The van der Waals surface area contributed by atoms with Crippen molar-refractivity contribution in [3.63, 3.8) is 0 Å². The van der Waals surface area contributed by atoms with Gasteiger partial charge >= 0.3 is 6.03 Å². The van der Waals surface area contributed by atoms with E-state index in [-0.39, 0.29) is 7.46 Å². The van der Waals surface area contributed by atoms with E-state index in [1.54, 1.807) is 37.4 Å². The number of nitrogens with one attached hydrogen (secondary N) is 1. The topological polar surface area (TPSA) is 82.2 Å². The number of ether oxygens (including phenoxy) is 4. The number of carbonyl (C=O) groups is 1. The van der Waals surface area contributed by atoms with Crippen LogP contribution in [0.25, 0.3) is 10.9 Å². The van der Waals surface area contributed by atoms with Crippen molar-refractivity contribution < 1.29 is 25.2 Å². The van der Waals surface area contributed by atoms with Gasteiger partial charge in [0.25, 0.3) is 0 Å². The molecule has 3 aromatic carbocycles. The first-order valence-electron chi connectivity index (χ1n) is 12.2. The van der Waals surface area contributed by atoms with Crippen LogP contribution in [0.3, 0.4) is 0 Å². The summed E-state index contributed by atoms with van der Waals surface area (Å²) in [4.78, 5) is 19.0. The van der Waals surface area contributed by atoms with Crippen molar-refractivity contribution in [2.45, 2.75) is 20.4 Å². The molecule has 2 heterocycles. The number of rotatable bonds is 6. The van der Waals surface area contributed by atoms with E-state index in [0.29, 0.717) is 54.1 Å². The molecule has 0 unspecified atom stereocenters. The first-order valence-corrected chi connectivity index (χ1v) is 12.2. The molecule has 8 nitrogen and oxygen atoms in total. The van der Waals surface area contributed by atoms with E-state index >= 15 is 0 Å². The number of benzene rings is 3. The molecule has 8 heteroatoms. The van der Waals surface area contributed by atoms with E-state index in [1.807, 2.05) is 68.4 Å². The third kappa shape index (κ3) is 5.69. The molecule has 0 fully saturated rings. The second kappa shape index (κ2) is 12.0. The summed E-state index contributed by atoms with van der Waals surface area (Å²) in [6.07, 6.45) is 1.68. The Labute approximate surface area is 218 Å². The molecule has 0 radical (unpaired) electrons. The van der Waals surface area contributed by atoms with Gasteiger partial charge in [0.2, 0.25) is 0 Å². The molecule has 1 aromatic heterocycles. The number of nitrogens with zero attached hydrogens (tertiary/aromatic N) is 2. The molecule has 0 atom stereocenters. The van der Waals surface area contributed by atoms with Gasteiger partial charge in [-0.05, 0) is 29.8 Å². The van der Waals surface area contributed by atoms with Gasteiger partial charge in [-0.3, -0.25) is 9.88 Å². The van der Waals surface area contributed by atoms with E-state index in [4.69, 9.17) is 18.9 Å². The summed E-state index contributed by atoms with van der Waals surface area (Å²) in [5, 5.41) is 3.76. The van der Waals surface area contributed by atoms with Crippen LogP contribution in [0.1, 0.15) is 20.8 Å². The van der Waals surface area contributed by atoms with E-state index in [2.05, 4.69) is 10.3 Å². The minimum absolute atomic E-state index is 0. The average Bonchev–Trinajstić information content (AvgIpc) is 2.96. The first-order chi connectivity index (χ1) is 18.2. The van der Waals surface area contributed by atoms with E-state index < -0.39 is 0 Å². The first kappa shape index (κ1) is 25.6. The van der Waals surface area contributed by atoms with Crippen LogP contribution in [-0.2, 0) is 6.54 Å². The SMILES string of the molecule is CC.COc1cc2nccc(Oc3ccc4c(c3)OCCN4C(=O)NCc3ccccc3)c2cc1OC.[HH]. The summed E-state index contributed by atoms with van der Waals surface area (Å²) in [7, 11) is 3.17. The predicted octanol–water partition coefficient (Wildman–Crippen LogP) is 6.43. The van der Waals surface area contributed by atoms with Crippen molar-refractivity contribution in [2.75, 3.05) is 32.3 Å². The van der Waals surface area contributed by atoms with Crippen LogP contribution in [0.15, 0.2) is 72.9 Å². The molecule has 0 saturated carbocycles. The fourth-order valence-electron chi connectivity index (χ4n) is 4.01. The Kier molecular flexibility index (Phi) is 8.30. The summed E-state index contributed by atoms with van der Waals surface area (Å²) in [5.41, 5.74) is 2.45. The highest BCUT2D eigenvalue weighted by atomic mass is 16.5. The summed E-state index contributed by atoms with van der Waals surface area (Å²) >= 11 is 0. The molecule has 4 aromatic rings. The second-order valence-electron chi connectivity index (χ2n) is 7.91. The fourth-order valence-corrected chi connectivity index (χ4v) is 4.01. The summed E-state index contributed by atoms with van der Waals surface area (Å²) in [6, 6.07) is 20.5. The van der Waals surface area contributed by atoms with E-state index in [1.165, 1.54) is 0 Å². The lowest BCUT2D eigenvalue weighted by Gasteiger charge is -2.30. The molecule has 1 N–H and O–H groups in total. The maximum Gasteiger partial charge on any atom is 0.322 e. The van der Waals surface area contributed by atoms with E-state index in [9.17, 15) is 4.79 Å². The zero-order valence-corrected chi connectivity index (χ0v) is 21.5. The van der Waals surface area contributed by atoms with Crippen molar-refractivity contribution in [3.05, 3.63) is 78.5 Å². The molecular weight excluding hydrogens is 470 g/mol. The maximum atomic E-state index is 12.9. The van der Waals surface area contributed by atoms with Crippen LogP contribution >= 0.6 is 0 Å².